The Hall–Kier alpha value is 0.900. The molecule has 0 aromatic heterocycles. The van der Waals surface area contributed by atoms with Gasteiger partial charge in [-0.3, -0.25) is 0 Å². The Morgan fingerprint density at radius 1 is 0.562 bits per heavy atom. The summed E-state index contributed by atoms with van der Waals surface area (Å²) in [4.78, 5) is 0. The smallest absolute Gasteiger partial charge is 0.0260 e. The Kier molecular flexibility index (Phi) is 4.74. The lowest BCUT2D eigenvalue weighted by molar-refractivity contribution is 0.0502. The van der Waals surface area contributed by atoms with Crippen LogP contribution in [-0.2, 0) is 0 Å². The maximum atomic E-state index is 6.09. The average Bonchev–Trinajstić information content (AvgIpc) is 2.36. The molecule has 0 nitrogen and oxygen atoms in total. The van der Waals surface area contributed by atoms with Crippen molar-refractivity contribution >= 4 is 46.4 Å². The van der Waals surface area contributed by atoms with E-state index in [-0.39, 0.29) is 0 Å². The Morgan fingerprint density at radius 3 is 1.00 bits per heavy atom. The first-order valence-corrected chi connectivity index (χ1v) is 7.84. The highest BCUT2D eigenvalue weighted by Crippen LogP contribution is 2.52. The van der Waals surface area contributed by atoms with Crippen LogP contribution in [0.2, 0.25) is 0 Å². The van der Waals surface area contributed by atoms with E-state index < -0.39 is 0 Å². The molecule has 6 atom stereocenters. The van der Waals surface area contributed by atoms with Crippen molar-refractivity contribution in [2.45, 2.75) is 0 Å². The first-order valence-electron chi connectivity index (χ1n) is 5.70. The average molecular weight is 302 g/mol. The zero-order valence-electron chi connectivity index (χ0n) is 8.96. The van der Waals surface area contributed by atoms with E-state index in [1.165, 1.54) is 0 Å². The summed E-state index contributed by atoms with van der Waals surface area (Å²) >= 11 is 24.4. The molecular formula is C12H16Cl4. The molecule has 3 aliphatic rings. The SMILES string of the molecule is ClC[C@@H]1C2C=CC([C@@H](CCl)[C@H]2CCl)[C@@H]1CCl. The minimum atomic E-state index is 0.465. The molecule has 0 aromatic carbocycles. The highest BCUT2D eigenvalue weighted by molar-refractivity contribution is 6.20. The van der Waals surface area contributed by atoms with Gasteiger partial charge in [0.2, 0.25) is 0 Å². The van der Waals surface area contributed by atoms with Gasteiger partial charge >= 0.3 is 0 Å². The lowest BCUT2D eigenvalue weighted by Gasteiger charge is -2.52. The monoisotopic (exact) mass is 300 g/mol. The summed E-state index contributed by atoms with van der Waals surface area (Å²) in [6, 6.07) is 0. The maximum absolute atomic E-state index is 6.09. The van der Waals surface area contributed by atoms with E-state index in [0.717, 1.165) is 0 Å². The molecule has 0 aromatic rings. The summed E-state index contributed by atoms with van der Waals surface area (Å²) in [6.45, 7) is 0. The Labute approximate surface area is 117 Å². The van der Waals surface area contributed by atoms with Gasteiger partial charge < -0.3 is 0 Å². The second-order valence-corrected chi connectivity index (χ2v) is 6.05. The molecule has 16 heavy (non-hydrogen) atoms. The van der Waals surface area contributed by atoms with Crippen molar-refractivity contribution < 1.29 is 0 Å². The molecular weight excluding hydrogens is 286 g/mol. The van der Waals surface area contributed by atoms with Crippen LogP contribution in [0.4, 0.5) is 0 Å². The molecule has 0 spiro atoms. The molecule has 0 heterocycles. The second-order valence-electron chi connectivity index (χ2n) is 4.81. The summed E-state index contributed by atoms with van der Waals surface area (Å²) in [5, 5.41) is 0. The Morgan fingerprint density at radius 2 is 0.812 bits per heavy atom. The van der Waals surface area contributed by atoms with Crippen molar-refractivity contribution in [2.24, 2.45) is 35.5 Å². The molecule has 4 heteroatoms. The van der Waals surface area contributed by atoms with Crippen LogP contribution in [-0.4, -0.2) is 23.5 Å². The zero-order chi connectivity index (χ0) is 11.7. The van der Waals surface area contributed by atoms with Crippen LogP contribution in [0.25, 0.3) is 0 Å². The van der Waals surface area contributed by atoms with Gasteiger partial charge in [0.05, 0.1) is 0 Å². The number of allylic oxidation sites excluding steroid dienone is 2. The molecule has 0 amide bonds. The van der Waals surface area contributed by atoms with Gasteiger partial charge in [0.1, 0.15) is 0 Å². The Bertz CT molecular complexity index is 220. The highest BCUT2D eigenvalue weighted by atomic mass is 35.5. The van der Waals surface area contributed by atoms with E-state index >= 15 is 0 Å². The number of hydrogen-bond donors (Lipinski definition) is 0. The van der Waals surface area contributed by atoms with Crippen molar-refractivity contribution in [1.29, 1.82) is 0 Å². The van der Waals surface area contributed by atoms with Crippen LogP contribution in [0, 0.1) is 35.5 Å². The van der Waals surface area contributed by atoms with E-state index in [0.29, 0.717) is 59.0 Å². The molecule has 1 fully saturated rings. The molecule has 3 aliphatic carbocycles. The fraction of sp³-hybridized carbons (Fsp3) is 0.833. The highest BCUT2D eigenvalue weighted by Gasteiger charge is 2.49. The number of halogens is 4. The van der Waals surface area contributed by atoms with E-state index in [9.17, 15) is 0 Å². The summed E-state index contributed by atoms with van der Waals surface area (Å²) in [5.41, 5.74) is 0. The summed E-state index contributed by atoms with van der Waals surface area (Å²) in [7, 11) is 0. The largest absolute Gasteiger partial charge is 0.126 e. The molecule has 2 bridgehead atoms. The van der Waals surface area contributed by atoms with Crippen molar-refractivity contribution in [1.82, 2.24) is 0 Å². The van der Waals surface area contributed by atoms with Crippen LogP contribution in [0.1, 0.15) is 0 Å². The first kappa shape index (κ1) is 13.3. The summed E-state index contributed by atoms with van der Waals surface area (Å²) in [5.74, 6) is 5.50. The predicted octanol–water partition coefficient (Wildman–Crippen LogP) is 4.22. The van der Waals surface area contributed by atoms with E-state index in [1.54, 1.807) is 0 Å². The van der Waals surface area contributed by atoms with E-state index in [2.05, 4.69) is 12.2 Å². The van der Waals surface area contributed by atoms with Gasteiger partial charge in [0.25, 0.3) is 0 Å². The molecule has 0 radical (unpaired) electrons. The molecule has 92 valence electrons. The molecule has 3 rings (SSSR count). The first-order chi connectivity index (χ1) is 7.78. The van der Waals surface area contributed by atoms with Gasteiger partial charge in [-0.1, -0.05) is 12.2 Å². The number of alkyl halides is 4. The summed E-state index contributed by atoms with van der Waals surface area (Å²) in [6.07, 6.45) is 4.58. The quantitative estimate of drug-likeness (QED) is 0.539. The van der Waals surface area contributed by atoms with E-state index in [1.807, 2.05) is 0 Å². The molecule has 0 N–H and O–H groups in total. The molecule has 0 saturated heterocycles. The van der Waals surface area contributed by atoms with Crippen LogP contribution < -0.4 is 0 Å². The normalized spacial score (nSPS) is 46.2. The zero-order valence-corrected chi connectivity index (χ0v) is 12.0. The standard InChI is InChI=1S/C12H16Cl4/c13-3-9-7-1-2-8(11(9)5-15)12(6-16)10(7)4-14/h1-2,7-12H,3-6H2/t7?,8?,9-,10+,11+,12-. The topological polar surface area (TPSA) is 0 Å². The molecule has 2 unspecified atom stereocenters. The number of hydrogen-bond acceptors (Lipinski definition) is 0. The van der Waals surface area contributed by atoms with Crippen molar-refractivity contribution in [2.75, 3.05) is 23.5 Å². The van der Waals surface area contributed by atoms with Crippen molar-refractivity contribution in [3.05, 3.63) is 12.2 Å². The van der Waals surface area contributed by atoms with E-state index in [4.69, 9.17) is 46.4 Å². The third-order valence-corrected chi connectivity index (χ3v) is 5.77. The third-order valence-electron chi connectivity index (χ3n) is 4.35. The van der Waals surface area contributed by atoms with Gasteiger partial charge in [0, 0.05) is 23.5 Å². The lowest BCUT2D eigenvalue weighted by atomic mass is 9.55. The van der Waals surface area contributed by atoms with Gasteiger partial charge in [-0.25, -0.2) is 0 Å². The summed E-state index contributed by atoms with van der Waals surface area (Å²) < 4.78 is 0. The van der Waals surface area contributed by atoms with Gasteiger partial charge in [0.15, 0.2) is 0 Å². The Balaban J connectivity index is 2.29. The lowest BCUT2D eigenvalue weighted by Crippen LogP contribution is -2.50. The number of fused-ring (bicyclic) bond motifs is 2. The van der Waals surface area contributed by atoms with Crippen LogP contribution in [0.15, 0.2) is 12.2 Å². The fourth-order valence-corrected chi connectivity index (χ4v) is 5.21. The molecule has 1 saturated carbocycles. The second kappa shape index (κ2) is 5.69. The maximum Gasteiger partial charge on any atom is 0.0260 e. The van der Waals surface area contributed by atoms with Crippen LogP contribution in [0.3, 0.4) is 0 Å². The van der Waals surface area contributed by atoms with Gasteiger partial charge in [-0.15, -0.1) is 46.4 Å². The minimum absolute atomic E-state index is 0.465. The minimum Gasteiger partial charge on any atom is -0.126 e. The molecule has 0 aliphatic heterocycles. The fourth-order valence-electron chi connectivity index (χ4n) is 3.47. The predicted molar refractivity (Wildman–Crippen MR) is 73.0 cm³/mol. The van der Waals surface area contributed by atoms with Crippen LogP contribution in [0.5, 0.6) is 0 Å². The van der Waals surface area contributed by atoms with Crippen molar-refractivity contribution in [3.63, 3.8) is 0 Å². The van der Waals surface area contributed by atoms with Gasteiger partial charge in [-0.05, 0) is 35.5 Å². The van der Waals surface area contributed by atoms with Crippen molar-refractivity contribution in [3.8, 4) is 0 Å². The number of rotatable bonds is 4. The van der Waals surface area contributed by atoms with Gasteiger partial charge in [-0.2, -0.15) is 0 Å². The third kappa shape index (κ3) is 2.00. The van der Waals surface area contributed by atoms with Crippen LogP contribution >= 0.6 is 46.4 Å².